The number of anilines is 1. The van der Waals surface area contributed by atoms with Crippen molar-refractivity contribution in [3.05, 3.63) is 47.4 Å². The molecule has 0 bridgehead atoms. The summed E-state index contributed by atoms with van der Waals surface area (Å²) in [6, 6.07) is 10.4. The number of aryl methyl sites for hydroxylation is 2. The first-order chi connectivity index (χ1) is 11.6. The molecule has 1 aromatic heterocycles. The van der Waals surface area contributed by atoms with Crippen molar-refractivity contribution in [2.24, 2.45) is 0 Å². The Balaban J connectivity index is 1.82. The van der Waals surface area contributed by atoms with Crippen molar-refractivity contribution in [2.45, 2.75) is 32.1 Å². The van der Waals surface area contributed by atoms with Gasteiger partial charge < -0.3 is 14.8 Å². The minimum atomic E-state index is 0.0529. The van der Waals surface area contributed by atoms with E-state index in [0.717, 1.165) is 55.7 Å². The Morgan fingerprint density at radius 3 is 2.46 bits per heavy atom. The highest BCUT2D eigenvalue weighted by Gasteiger charge is 2.34. The second-order valence-corrected chi connectivity index (χ2v) is 6.42. The summed E-state index contributed by atoms with van der Waals surface area (Å²) in [7, 11) is 1.69. The Kier molecular flexibility index (Phi) is 5.00. The van der Waals surface area contributed by atoms with Crippen LogP contribution in [0.1, 0.15) is 29.9 Å². The lowest BCUT2D eigenvalue weighted by atomic mass is 9.74. The fourth-order valence-corrected chi connectivity index (χ4v) is 3.34. The van der Waals surface area contributed by atoms with Gasteiger partial charge in [0, 0.05) is 36.9 Å². The van der Waals surface area contributed by atoms with Gasteiger partial charge in [-0.05, 0) is 44.4 Å². The zero-order chi connectivity index (χ0) is 17.0. The van der Waals surface area contributed by atoms with Crippen LogP contribution < -0.4 is 10.1 Å². The molecule has 5 nitrogen and oxygen atoms in total. The predicted octanol–water partition coefficient (Wildman–Crippen LogP) is 3.26. The molecule has 0 saturated carbocycles. The molecule has 1 aliphatic heterocycles. The molecule has 2 aromatic rings. The van der Waals surface area contributed by atoms with Crippen molar-refractivity contribution < 1.29 is 9.47 Å². The zero-order valence-electron chi connectivity index (χ0n) is 14.6. The maximum atomic E-state index is 5.60. The van der Waals surface area contributed by atoms with Crippen LogP contribution in [0.4, 0.5) is 5.82 Å². The van der Waals surface area contributed by atoms with Gasteiger partial charge in [0.25, 0.3) is 0 Å². The third-order valence-electron chi connectivity index (χ3n) is 4.73. The summed E-state index contributed by atoms with van der Waals surface area (Å²) in [4.78, 5) is 8.84. The van der Waals surface area contributed by atoms with Gasteiger partial charge >= 0.3 is 0 Å². The van der Waals surface area contributed by atoms with Crippen molar-refractivity contribution in [3.63, 3.8) is 0 Å². The molecular weight excluding hydrogens is 302 g/mol. The Hall–Kier alpha value is -2.14. The summed E-state index contributed by atoms with van der Waals surface area (Å²) in [5.74, 6) is 2.57. The first kappa shape index (κ1) is 16.7. The van der Waals surface area contributed by atoms with E-state index in [2.05, 4.69) is 27.4 Å². The van der Waals surface area contributed by atoms with Crippen molar-refractivity contribution in [1.82, 2.24) is 9.97 Å². The van der Waals surface area contributed by atoms with Gasteiger partial charge in [0.05, 0.1) is 7.11 Å². The number of methoxy groups -OCH3 is 1. The lowest BCUT2D eigenvalue weighted by Crippen LogP contribution is -2.40. The van der Waals surface area contributed by atoms with Crippen LogP contribution in [0.5, 0.6) is 5.75 Å². The summed E-state index contributed by atoms with van der Waals surface area (Å²) in [5.41, 5.74) is 2.36. The molecule has 5 heteroatoms. The maximum absolute atomic E-state index is 5.60. The van der Waals surface area contributed by atoms with Crippen LogP contribution in [-0.4, -0.2) is 36.8 Å². The zero-order valence-corrected chi connectivity index (χ0v) is 14.6. The highest BCUT2D eigenvalue weighted by atomic mass is 16.5. The van der Waals surface area contributed by atoms with Crippen molar-refractivity contribution in [1.29, 1.82) is 0 Å². The van der Waals surface area contributed by atoms with E-state index in [-0.39, 0.29) is 5.41 Å². The number of ether oxygens (including phenoxy) is 2. The van der Waals surface area contributed by atoms with E-state index >= 15 is 0 Å². The van der Waals surface area contributed by atoms with Crippen LogP contribution in [0, 0.1) is 13.8 Å². The average Bonchev–Trinajstić information content (AvgIpc) is 2.60. The van der Waals surface area contributed by atoms with E-state index in [1.165, 1.54) is 5.56 Å². The van der Waals surface area contributed by atoms with Crippen LogP contribution in [0.2, 0.25) is 0 Å². The van der Waals surface area contributed by atoms with Gasteiger partial charge in [0.2, 0.25) is 0 Å². The quantitative estimate of drug-likeness (QED) is 0.913. The molecule has 0 atom stereocenters. The van der Waals surface area contributed by atoms with Gasteiger partial charge in [0.15, 0.2) is 0 Å². The number of hydrogen-bond donors (Lipinski definition) is 1. The lowest BCUT2D eigenvalue weighted by molar-refractivity contribution is 0.0543. The number of aromatic nitrogens is 2. The standard InChI is InChI=1S/C19H25N3O2/c1-14-12-18(22-15(2)21-14)20-13-19(8-10-24-11-9-19)16-4-6-17(23-3)7-5-16/h4-7,12H,8-11,13H2,1-3H3,(H,20,21,22). The Bertz CT molecular complexity index is 659. The summed E-state index contributed by atoms with van der Waals surface area (Å²) >= 11 is 0. The van der Waals surface area contributed by atoms with Gasteiger partial charge in [-0.3, -0.25) is 0 Å². The Labute approximate surface area is 143 Å². The highest BCUT2D eigenvalue weighted by Crippen LogP contribution is 2.35. The molecule has 1 N–H and O–H groups in total. The van der Waals surface area contributed by atoms with Crippen LogP contribution in [0.15, 0.2) is 30.3 Å². The summed E-state index contributed by atoms with van der Waals surface area (Å²) in [6.07, 6.45) is 1.99. The summed E-state index contributed by atoms with van der Waals surface area (Å²) in [6.45, 7) is 6.32. The van der Waals surface area contributed by atoms with Gasteiger partial charge in [-0.2, -0.15) is 0 Å². The molecule has 128 valence electrons. The van der Waals surface area contributed by atoms with Gasteiger partial charge in [-0.1, -0.05) is 12.1 Å². The smallest absolute Gasteiger partial charge is 0.129 e. The topological polar surface area (TPSA) is 56.3 Å². The number of rotatable bonds is 5. The SMILES string of the molecule is COc1ccc(C2(CNc3cc(C)nc(C)n3)CCOCC2)cc1. The molecule has 1 aromatic carbocycles. The predicted molar refractivity (Wildman–Crippen MR) is 94.7 cm³/mol. The molecule has 1 fully saturated rings. The van der Waals surface area contributed by atoms with E-state index in [4.69, 9.17) is 9.47 Å². The third-order valence-corrected chi connectivity index (χ3v) is 4.73. The fraction of sp³-hybridized carbons (Fsp3) is 0.474. The van der Waals surface area contributed by atoms with Crippen LogP contribution in [-0.2, 0) is 10.2 Å². The number of nitrogens with zero attached hydrogens (tertiary/aromatic N) is 2. The monoisotopic (exact) mass is 327 g/mol. The summed E-state index contributed by atoms with van der Waals surface area (Å²) in [5, 5.41) is 3.53. The van der Waals surface area contributed by atoms with Crippen LogP contribution in [0.3, 0.4) is 0 Å². The molecule has 0 aliphatic carbocycles. The average molecular weight is 327 g/mol. The molecule has 1 saturated heterocycles. The van der Waals surface area contributed by atoms with E-state index in [0.29, 0.717) is 0 Å². The highest BCUT2D eigenvalue weighted by molar-refractivity contribution is 5.39. The molecule has 0 amide bonds. The molecular formula is C19H25N3O2. The van der Waals surface area contributed by atoms with E-state index in [9.17, 15) is 0 Å². The molecule has 24 heavy (non-hydrogen) atoms. The third kappa shape index (κ3) is 3.67. The van der Waals surface area contributed by atoms with Crippen molar-refractivity contribution in [2.75, 3.05) is 32.2 Å². The van der Waals surface area contributed by atoms with Crippen LogP contribution in [0.25, 0.3) is 0 Å². The van der Waals surface area contributed by atoms with E-state index < -0.39 is 0 Å². The van der Waals surface area contributed by atoms with E-state index in [1.54, 1.807) is 7.11 Å². The molecule has 1 aliphatic rings. The first-order valence-corrected chi connectivity index (χ1v) is 8.40. The van der Waals surface area contributed by atoms with Gasteiger partial charge in [-0.15, -0.1) is 0 Å². The normalized spacial score (nSPS) is 16.6. The number of hydrogen-bond acceptors (Lipinski definition) is 5. The van der Waals surface area contributed by atoms with Crippen molar-refractivity contribution in [3.8, 4) is 5.75 Å². The Morgan fingerprint density at radius 1 is 1.12 bits per heavy atom. The van der Waals surface area contributed by atoms with Crippen molar-refractivity contribution >= 4 is 5.82 Å². The largest absolute Gasteiger partial charge is 0.497 e. The Morgan fingerprint density at radius 2 is 1.83 bits per heavy atom. The fourth-order valence-electron chi connectivity index (χ4n) is 3.34. The summed E-state index contributed by atoms with van der Waals surface area (Å²) < 4.78 is 10.9. The second-order valence-electron chi connectivity index (χ2n) is 6.42. The maximum Gasteiger partial charge on any atom is 0.129 e. The number of nitrogens with one attached hydrogen (secondary N) is 1. The molecule has 0 radical (unpaired) electrons. The number of benzene rings is 1. The first-order valence-electron chi connectivity index (χ1n) is 8.40. The van der Waals surface area contributed by atoms with Gasteiger partial charge in [-0.25, -0.2) is 9.97 Å². The van der Waals surface area contributed by atoms with E-state index in [1.807, 2.05) is 32.0 Å². The van der Waals surface area contributed by atoms with Crippen LogP contribution >= 0.6 is 0 Å². The molecule has 0 unspecified atom stereocenters. The lowest BCUT2D eigenvalue weighted by Gasteiger charge is -2.38. The molecule has 2 heterocycles. The van der Waals surface area contributed by atoms with Gasteiger partial charge in [0.1, 0.15) is 17.4 Å². The minimum absolute atomic E-state index is 0.0529. The molecule has 3 rings (SSSR count). The second kappa shape index (κ2) is 7.18. The minimum Gasteiger partial charge on any atom is -0.497 e. The molecule has 0 spiro atoms.